The fourth-order valence-electron chi connectivity index (χ4n) is 1.25. The zero-order chi connectivity index (χ0) is 10.6. The summed E-state index contributed by atoms with van der Waals surface area (Å²) in [6.45, 7) is 0.537. The minimum atomic E-state index is -0.433. The number of likely N-dealkylation sites (N-methyl/N-ethyl adjacent to an activating group) is 1. The molecule has 0 aliphatic carbocycles. The van der Waals surface area contributed by atoms with Crippen LogP contribution in [-0.2, 0) is 6.42 Å². The fourth-order valence-corrected chi connectivity index (χ4v) is 1.67. The van der Waals surface area contributed by atoms with Crippen LogP contribution in [0, 0.1) is 5.82 Å². The van der Waals surface area contributed by atoms with E-state index in [1.165, 1.54) is 6.07 Å². The molecule has 0 aliphatic rings. The number of halogens is 2. The number of hydrogen-bond acceptors (Lipinski definition) is 2. The third-order valence-electron chi connectivity index (χ3n) is 1.90. The maximum absolute atomic E-state index is 12.9. The topological polar surface area (TPSA) is 32.3 Å². The Balaban J connectivity index is 2.63. The molecule has 1 aromatic rings. The summed E-state index contributed by atoms with van der Waals surface area (Å²) < 4.78 is 13.3. The van der Waals surface area contributed by atoms with E-state index >= 15 is 0 Å². The lowest BCUT2D eigenvalue weighted by Crippen LogP contribution is -2.25. The molecule has 0 bridgehead atoms. The van der Waals surface area contributed by atoms with Crippen LogP contribution in [0.25, 0.3) is 0 Å². The van der Waals surface area contributed by atoms with Crippen molar-refractivity contribution in [2.45, 2.75) is 12.5 Å². The molecule has 14 heavy (non-hydrogen) atoms. The van der Waals surface area contributed by atoms with E-state index in [1.54, 1.807) is 19.2 Å². The van der Waals surface area contributed by atoms with E-state index in [0.717, 1.165) is 5.56 Å². The normalized spacial score (nSPS) is 12.9. The van der Waals surface area contributed by atoms with Crippen molar-refractivity contribution in [1.29, 1.82) is 0 Å². The van der Waals surface area contributed by atoms with Gasteiger partial charge >= 0.3 is 0 Å². The van der Waals surface area contributed by atoms with Crippen molar-refractivity contribution in [2.24, 2.45) is 0 Å². The summed E-state index contributed by atoms with van der Waals surface area (Å²) in [7, 11) is 1.78. The van der Waals surface area contributed by atoms with Crippen LogP contribution < -0.4 is 5.32 Å². The predicted molar refractivity (Wildman–Crippen MR) is 57.7 cm³/mol. The molecule has 0 aromatic heterocycles. The van der Waals surface area contributed by atoms with E-state index in [0.29, 0.717) is 17.4 Å². The first kappa shape index (κ1) is 11.6. The second-order valence-corrected chi connectivity index (χ2v) is 4.02. The van der Waals surface area contributed by atoms with Gasteiger partial charge < -0.3 is 10.4 Å². The molecule has 1 rings (SSSR count). The molecule has 2 N–H and O–H groups in total. The van der Waals surface area contributed by atoms with E-state index < -0.39 is 6.10 Å². The van der Waals surface area contributed by atoms with Crippen LogP contribution in [0.4, 0.5) is 4.39 Å². The Kier molecular flexibility index (Phi) is 4.51. The highest BCUT2D eigenvalue weighted by Gasteiger charge is 2.06. The number of rotatable bonds is 4. The number of nitrogens with one attached hydrogen (secondary N) is 1. The van der Waals surface area contributed by atoms with Crippen LogP contribution in [0.2, 0.25) is 0 Å². The molecule has 1 aromatic carbocycles. The summed E-state index contributed by atoms with van der Waals surface area (Å²) >= 11 is 3.10. The first-order valence-electron chi connectivity index (χ1n) is 4.40. The van der Waals surface area contributed by atoms with Gasteiger partial charge in [0, 0.05) is 6.54 Å². The summed E-state index contributed by atoms with van der Waals surface area (Å²) in [5.74, 6) is -0.281. The van der Waals surface area contributed by atoms with Crippen molar-refractivity contribution >= 4 is 15.9 Å². The van der Waals surface area contributed by atoms with Crippen LogP contribution in [0.3, 0.4) is 0 Å². The summed E-state index contributed by atoms with van der Waals surface area (Å²) in [6.07, 6.45) is 0.0945. The average molecular weight is 262 g/mol. The maximum Gasteiger partial charge on any atom is 0.137 e. The molecule has 0 spiro atoms. The number of hydrogen-bond donors (Lipinski definition) is 2. The monoisotopic (exact) mass is 261 g/mol. The lowest BCUT2D eigenvalue weighted by molar-refractivity contribution is 0.175. The van der Waals surface area contributed by atoms with Crippen molar-refractivity contribution in [1.82, 2.24) is 5.32 Å². The molecule has 0 aliphatic heterocycles. The summed E-state index contributed by atoms with van der Waals surface area (Å²) in [5.41, 5.74) is 0.918. The second kappa shape index (κ2) is 5.44. The zero-order valence-electron chi connectivity index (χ0n) is 7.93. The molecule has 2 nitrogen and oxygen atoms in total. The van der Waals surface area contributed by atoms with Gasteiger partial charge in [0.05, 0.1) is 10.6 Å². The van der Waals surface area contributed by atoms with Crippen molar-refractivity contribution in [3.05, 3.63) is 34.1 Å². The van der Waals surface area contributed by atoms with Gasteiger partial charge in [-0.05, 0) is 47.1 Å². The molecule has 1 unspecified atom stereocenters. The number of aliphatic hydroxyl groups excluding tert-OH is 1. The quantitative estimate of drug-likeness (QED) is 0.865. The Morgan fingerprint density at radius 3 is 2.86 bits per heavy atom. The molecular formula is C10H13BrFNO. The van der Waals surface area contributed by atoms with Crippen LogP contribution >= 0.6 is 15.9 Å². The summed E-state index contributed by atoms with van der Waals surface area (Å²) in [5, 5.41) is 12.4. The molecule has 0 saturated heterocycles. The number of aliphatic hydroxyl groups is 1. The molecule has 0 saturated carbocycles. The largest absolute Gasteiger partial charge is 0.391 e. The van der Waals surface area contributed by atoms with Crippen molar-refractivity contribution in [2.75, 3.05) is 13.6 Å². The Labute approximate surface area is 91.3 Å². The van der Waals surface area contributed by atoms with Gasteiger partial charge in [-0.15, -0.1) is 0 Å². The minimum absolute atomic E-state index is 0.281. The third kappa shape index (κ3) is 3.36. The molecule has 1 atom stereocenters. The van der Waals surface area contributed by atoms with Crippen molar-refractivity contribution < 1.29 is 9.50 Å². The van der Waals surface area contributed by atoms with Gasteiger partial charge in [-0.25, -0.2) is 4.39 Å². The van der Waals surface area contributed by atoms with Crippen LogP contribution in [0.5, 0.6) is 0 Å². The second-order valence-electron chi connectivity index (χ2n) is 3.16. The lowest BCUT2D eigenvalue weighted by atomic mass is 10.1. The van der Waals surface area contributed by atoms with E-state index in [9.17, 15) is 9.50 Å². The highest BCUT2D eigenvalue weighted by atomic mass is 79.9. The first-order valence-corrected chi connectivity index (χ1v) is 5.19. The van der Waals surface area contributed by atoms with E-state index in [2.05, 4.69) is 21.2 Å². The predicted octanol–water partition coefficient (Wildman–Crippen LogP) is 1.71. The SMILES string of the molecule is CNCC(O)Cc1ccc(F)c(Br)c1. The Morgan fingerprint density at radius 2 is 2.29 bits per heavy atom. The zero-order valence-corrected chi connectivity index (χ0v) is 9.51. The standard InChI is InChI=1S/C10H13BrFNO/c1-13-6-8(14)4-7-2-3-10(12)9(11)5-7/h2-3,5,8,13-14H,4,6H2,1H3. The van der Waals surface area contributed by atoms with Gasteiger partial charge in [0.2, 0.25) is 0 Å². The van der Waals surface area contributed by atoms with E-state index in [1.807, 2.05) is 0 Å². The molecule has 78 valence electrons. The molecule has 0 fully saturated rings. The Hall–Kier alpha value is -0.450. The highest BCUT2D eigenvalue weighted by Crippen LogP contribution is 2.17. The lowest BCUT2D eigenvalue weighted by Gasteiger charge is -2.09. The van der Waals surface area contributed by atoms with Gasteiger partial charge in [0.25, 0.3) is 0 Å². The van der Waals surface area contributed by atoms with Crippen LogP contribution in [-0.4, -0.2) is 24.8 Å². The van der Waals surface area contributed by atoms with Gasteiger partial charge in [-0.3, -0.25) is 0 Å². The Bertz CT molecular complexity index is 306. The average Bonchev–Trinajstić information content (AvgIpc) is 2.12. The summed E-state index contributed by atoms with van der Waals surface area (Å²) in [4.78, 5) is 0. The Morgan fingerprint density at radius 1 is 1.57 bits per heavy atom. The smallest absolute Gasteiger partial charge is 0.137 e. The summed E-state index contributed by atoms with van der Waals surface area (Å²) in [6, 6.07) is 4.76. The fraction of sp³-hybridized carbons (Fsp3) is 0.400. The van der Waals surface area contributed by atoms with Gasteiger partial charge in [-0.1, -0.05) is 6.07 Å². The van der Waals surface area contributed by atoms with Crippen LogP contribution in [0.1, 0.15) is 5.56 Å². The van der Waals surface area contributed by atoms with Gasteiger partial charge in [-0.2, -0.15) is 0 Å². The van der Waals surface area contributed by atoms with Crippen molar-refractivity contribution in [3.8, 4) is 0 Å². The molecular weight excluding hydrogens is 249 g/mol. The van der Waals surface area contributed by atoms with Gasteiger partial charge in [0.15, 0.2) is 0 Å². The number of benzene rings is 1. The highest BCUT2D eigenvalue weighted by molar-refractivity contribution is 9.10. The third-order valence-corrected chi connectivity index (χ3v) is 2.50. The minimum Gasteiger partial charge on any atom is -0.391 e. The molecule has 4 heteroatoms. The van der Waals surface area contributed by atoms with E-state index in [-0.39, 0.29) is 5.82 Å². The van der Waals surface area contributed by atoms with Crippen molar-refractivity contribution in [3.63, 3.8) is 0 Å². The molecule has 0 heterocycles. The molecule has 0 radical (unpaired) electrons. The van der Waals surface area contributed by atoms with Crippen LogP contribution in [0.15, 0.2) is 22.7 Å². The first-order chi connectivity index (χ1) is 6.63. The maximum atomic E-state index is 12.9. The molecule has 0 amide bonds. The van der Waals surface area contributed by atoms with E-state index in [4.69, 9.17) is 0 Å². The van der Waals surface area contributed by atoms with Gasteiger partial charge in [0.1, 0.15) is 5.82 Å².